The van der Waals surface area contributed by atoms with E-state index in [1.54, 1.807) is 12.1 Å². The van der Waals surface area contributed by atoms with Crippen LogP contribution in [0.4, 0.5) is 0 Å². The molecule has 0 aliphatic rings. The second-order valence-electron chi connectivity index (χ2n) is 6.60. The van der Waals surface area contributed by atoms with E-state index in [0.717, 1.165) is 6.29 Å². The zero-order valence-electron chi connectivity index (χ0n) is 13.4. The molecule has 1 aromatic heterocycles. The molecule has 1 heterocycles. The number of benzene rings is 1. The first-order valence-electron chi connectivity index (χ1n) is 7.06. The zero-order valence-corrected chi connectivity index (χ0v) is 15.2. The number of hydrogen-bond acceptors (Lipinski definition) is 4. The molecular formula is C16H20ClNO3Si. The summed E-state index contributed by atoms with van der Waals surface area (Å²) in [6.45, 7) is 10.1. The van der Waals surface area contributed by atoms with Gasteiger partial charge in [-0.25, -0.2) is 0 Å². The van der Waals surface area contributed by atoms with Gasteiger partial charge in [0.05, 0.1) is 16.2 Å². The predicted molar refractivity (Wildman–Crippen MR) is 89.8 cm³/mol. The van der Waals surface area contributed by atoms with E-state index in [1.165, 1.54) is 0 Å². The third-order valence-electron chi connectivity index (χ3n) is 3.10. The lowest BCUT2D eigenvalue weighted by molar-refractivity contribution is 0.0887. The highest BCUT2D eigenvalue weighted by Gasteiger charge is 2.35. The quantitative estimate of drug-likeness (QED) is 0.575. The first kappa shape index (κ1) is 16.9. The molecule has 0 radical (unpaired) electrons. The molecule has 6 heteroatoms. The van der Waals surface area contributed by atoms with Crippen molar-refractivity contribution in [3.05, 3.63) is 40.5 Å². The summed E-state index contributed by atoms with van der Waals surface area (Å²) in [5.74, 6) is 0.378. The predicted octanol–water partition coefficient (Wildman–Crippen LogP) is 4.89. The molecule has 0 N–H and O–H groups in total. The van der Waals surface area contributed by atoms with Gasteiger partial charge < -0.3 is 8.95 Å². The van der Waals surface area contributed by atoms with Crippen LogP contribution in [-0.4, -0.2) is 19.8 Å². The summed E-state index contributed by atoms with van der Waals surface area (Å²) in [5.41, 5.74) is 0.828. The van der Waals surface area contributed by atoms with Crippen molar-refractivity contribution in [3.8, 4) is 11.3 Å². The summed E-state index contributed by atoms with van der Waals surface area (Å²) in [6.07, 6.45) is 0.750. The number of aromatic nitrogens is 1. The van der Waals surface area contributed by atoms with Gasteiger partial charge in [0.1, 0.15) is 5.69 Å². The number of carbonyl (C=O) groups is 1. The Morgan fingerprint density at radius 1 is 1.27 bits per heavy atom. The van der Waals surface area contributed by atoms with Crippen molar-refractivity contribution in [3.63, 3.8) is 0 Å². The lowest BCUT2D eigenvalue weighted by Gasteiger charge is -2.31. The van der Waals surface area contributed by atoms with Crippen molar-refractivity contribution in [2.75, 3.05) is 0 Å². The fraction of sp³-hybridized carbons (Fsp3) is 0.375. The molecule has 0 saturated heterocycles. The van der Waals surface area contributed by atoms with Gasteiger partial charge in [-0.15, -0.1) is 0 Å². The number of nitrogens with zero attached hydrogens (tertiary/aromatic N) is 1. The van der Waals surface area contributed by atoms with Crippen LogP contribution in [0.15, 0.2) is 28.8 Å². The molecule has 2 rings (SSSR count). The monoisotopic (exact) mass is 337 g/mol. The van der Waals surface area contributed by atoms with Crippen molar-refractivity contribution in [2.45, 2.75) is 39.1 Å². The third-order valence-corrected chi connectivity index (χ3v) is 4.55. The van der Waals surface area contributed by atoms with Crippen molar-refractivity contribution >= 4 is 26.2 Å². The average Bonchev–Trinajstić information content (AvgIpc) is 2.80. The molecule has 0 spiro atoms. The van der Waals surface area contributed by atoms with Gasteiger partial charge in [0.15, 0.2) is 20.4 Å². The minimum atomic E-state index is -1.82. The van der Waals surface area contributed by atoms with Crippen LogP contribution in [0, 0.1) is 0 Å². The minimum Gasteiger partial charge on any atom is -0.407 e. The van der Waals surface area contributed by atoms with Crippen molar-refractivity contribution in [2.24, 2.45) is 0 Å². The van der Waals surface area contributed by atoms with Crippen molar-refractivity contribution in [1.29, 1.82) is 0 Å². The van der Waals surface area contributed by atoms with E-state index >= 15 is 0 Å². The molecular weight excluding hydrogens is 318 g/mol. The van der Waals surface area contributed by atoms with Crippen molar-refractivity contribution in [1.82, 2.24) is 5.16 Å². The lowest BCUT2D eigenvalue weighted by atomic mass is 9.98. The second-order valence-corrected chi connectivity index (χ2v) is 11.4. The molecule has 22 heavy (non-hydrogen) atoms. The zero-order chi connectivity index (χ0) is 16.5. The summed E-state index contributed by atoms with van der Waals surface area (Å²) in [4.78, 5) is 11.6. The molecule has 0 aliphatic carbocycles. The fourth-order valence-corrected chi connectivity index (χ4v) is 4.34. The van der Waals surface area contributed by atoms with Gasteiger partial charge in [-0.1, -0.05) is 28.9 Å². The number of aldehydes is 1. The van der Waals surface area contributed by atoms with Crippen LogP contribution in [0.25, 0.3) is 11.3 Å². The van der Waals surface area contributed by atoms with E-state index in [4.69, 9.17) is 20.6 Å². The average molecular weight is 338 g/mol. The Kier molecular flexibility index (Phi) is 4.61. The van der Waals surface area contributed by atoms with E-state index in [9.17, 15) is 4.79 Å². The third kappa shape index (κ3) is 3.48. The molecule has 118 valence electrons. The Morgan fingerprint density at radius 2 is 1.91 bits per heavy atom. The standard InChI is InChI=1S/C16H20ClNO3Si/c1-16(2,21-22(3,4)5)15-12(10-19)14(20-18-15)11-8-6-7-9-13(11)17/h6-10H,1-5H3. The van der Waals surface area contributed by atoms with Gasteiger partial charge in [-0.2, -0.15) is 0 Å². The van der Waals surface area contributed by atoms with E-state index in [2.05, 4.69) is 24.8 Å². The SMILES string of the molecule is CC(C)(O[Si](C)(C)C)c1noc(-c2ccccc2Cl)c1C=O. The second kappa shape index (κ2) is 5.99. The molecule has 0 amide bonds. The summed E-state index contributed by atoms with van der Waals surface area (Å²) >= 11 is 6.19. The molecule has 2 aromatic rings. The molecule has 0 saturated carbocycles. The Labute approximate surface area is 136 Å². The van der Waals surface area contributed by atoms with Gasteiger partial charge in [0.25, 0.3) is 0 Å². The van der Waals surface area contributed by atoms with E-state index < -0.39 is 13.9 Å². The minimum absolute atomic E-state index is 0.378. The van der Waals surface area contributed by atoms with Gasteiger partial charge in [-0.05, 0) is 45.6 Å². The van der Waals surface area contributed by atoms with Gasteiger partial charge in [-0.3, -0.25) is 4.79 Å². The summed E-state index contributed by atoms with van der Waals surface area (Å²) in [6, 6.07) is 7.20. The van der Waals surface area contributed by atoms with Gasteiger partial charge in [0, 0.05) is 5.56 Å². The first-order valence-corrected chi connectivity index (χ1v) is 10.8. The molecule has 1 aromatic carbocycles. The summed E-state index contributed by atoms with van der Waals surface area (Å²) in [5, 5.41) is 4.60. The molecule has 0 aliphatic heterocycles. The highest BCUT2D eigenvalue weighted by atomic mass is 35.5. The highest BCUT2D eigenvalue weighted by Crippen LogP contribution is 2.36. The maximum Gasteiger partial charge on any atom is 0.185 e. The summed E-state index contributed by atoms with van der Waals surface area (Å²) < 4.78 is 11.6. The van der Waals surface area contributed by atoms with Crippen LogP contribution < -0.4 is 0 Å². The number of carbonyl (C=O) groups excluding carboxylic acids is 1. The Bertz CT molecular complexity index is 689. The molecule has 0 atom stereocenters. The van der Waals surface area contributed by atoms with E-state index in [0.29, 0.717) is 27.6 Å². The van der Waals surface area contributed by atoms with Crippen LogP contribution in [0.1, 0.15) is 29.9 Å². The number of halogens is 1. The Hall–Kier alpha value is -1.43. The lowest BCUT2D eigenvalue weighted by Crippen LogP contribution is -2.37. The van der Waals surface area contributed by atoms with Crippen LogP contribution in [0.5, 0.6) is 0 Å². The Balaban J connectivity index is 2.53. The Morgan fingerprint density at radius 3 is 2.45 bits per heavy atom. The first-order chi connectivity index (χ1) is 10.2. The van der Waals surface area contributed by atoms with E-state index in [-0.39, 0.29) is 0 Å². The number of rotatable bonds is 5. The maximum absolute atomic E-state index is 11.6. The van der Waals surface area contributed by atoms with Crippen LogP contribution in [0.2, 0.25) is 24.7 Å². The molecule has 4 nitrogen and oxygen atoms in total. The fourth-order valence-electron chi connectivity index (χ4n) is 2.49. The van der Waals surface area contributed by atoms with Crippen molar-refractivity contribution < 1.29 is 13.7 Å². The van der Waals surface area contributed by atoms with Gasteiger partial charge >= 0.3 is 0 Å². The number of hydrogen-bond donors (Lipinski definition) is 0. The topological polar surface area (TPSA) is 52.3 Å². The highest BCUT2D eigenvalue weighted by molar-refractivity contribution is 6.69. The molecule has 0 bridgehead atoms. The van der Waals surface area contributed by atoms with Crippen LogP contribution in [0.3, 0.4) is 0 Å². The largest absolute Gasteiger partial charge is 0.407 e. The summed E-state index contributed by atoms with van der Waals surface area (Å²) in [7, 11) is -1.82. The molecule has 0 fully saturated rings. The van der Waals surface area contributed by atoms with Crippen LogP contribution >= 0.6 is 11.6 Å². The van der Waals surface area contributed by atoms with Crippen LogP contribution in [-0.2, 0) is 10.0 Å². The molecule has 0 unspecified atom stereocenters. The van der Waals surface area contributed by atoms with Gasteiger partial charge in [0.2, 0.25) is 0 Å². The normalized spacial score (nSPS) is 12.5. The smallest absolute Gasteiger partial charge is 0.185 e. The maximum atomic E-state index is 11.6. The van der Waals surface area contributed by atoms with E-state index in [1.807, 2.05) is 26.0 Å².